The van der Waals surface area contributed by atoms with Crippen molar-refractivity contribution in [3.63, 3.8) is 0 Å². The molecule has 1 heterocycles. The second kappa shape index (κ2) is 6.57. The van der Waals surface area contributed by atoms with Crippen LogP contribution in [0.25, 0.3) is 0 Å². The van der Waals surface area contributed by atoms with Crippen LogP contribution in [0, 0.1) is 0 Å². The van der Waals surface area contributed by atoms with Crippen molar-refractivity contribution in [3.05, 3.63) is 46.7 Å². The van der Waals surface area contributed by atoms with Gasteiger partial charge in [-0.05, 0) is 29.7 Å². The molecule has 0 saturated carbocycles. The van der Waals surface area contributed by atoms with Gasteiger partial charge in [0.25, 0.3) is 0 Å². The summed E-state index contributed by atoms with van der Waals surface area (Å²) in [4.78, 5) is 0.135. The third kappa shape index (κ3) is 4.04. The van der Waals surface area contributed by atoms with Gasteiger partial charge in [0.15, 0.2) is 0 Å². The van der Waals surface area contributed by atoms with Crippen LogP contribution in [0.15, 0.2) is 35.5 Å². The third-order valence-corrected chi connectivity index (χ3v) is 4.83. The minimum absolute atomic E-state index is 0.135. The van der Waals surface area contributed by atoms with Crippen molar-refractivity contribution in [2.24, 2.45) is 12.8 Å². The number of aromatic nitrogens is 2. The van der Waals surface area contributed by atoms with Crippen LogP contribution in [-0.2, 0) is 30.0 Å². The van der Waals surface area contributed by atoms with E-state index in [2.05, 4.69) is 9.82 Å². The number of nitrogens with two attached hydrogens (primary N) is 1. The van der Waals surface area contributed by atoms with Crippen LogP contribution in [0.1, 0.15) is 11.1 Å². The van der Waals surface area contributed by atoms with E-state index < -0.39 is 10.0 Å². The Kier molecular flexibility index (Phi) is 5.00. The van der Waals surface area contributed by atoms with Crippen LogP contribution in [0.2, 0.25) is 5.02 Å². The quantitative estimate of drug-likeness (QED) is 0.829. The number of halogens is 1. The van der Waals surface area contributed by atoms with Crippen LogP contribution in [0.3, 0.4) is 0 Å². The summed E-state index contributed by atoms with van der Waals surface area (Å²) in [6.07, 6.45) is 4.13. The Labute approximate surface area is 129 Å². The third-order valence-electron chi connectivity index (χ3n) is 3.02. The van der Waals surface area contributed by atoms with Crippen LogP contribution < -0.4 is 10.5 Å². The number of sulfonamides is 1. The van der Waals surface area contributed by atoms with Crippen molar-refractivity contribution in [2.45, 2.75) is 17.9 Å². The summed E-state index contributed by atoms with van der Waals surface area (Å²) < 4.78 is 28.5. The standard InChI is InChI=1S/C13H17ClN4O2S/c1-18-9-10(8-16-18)4-5-17-21(19,20)12-3-2-11(7-15)13(14)6-12/h2-3,6,8-9,17H,4-5,7,15H2,1H3. The molecule has 1 aromatic carbocycles. The van der Waals surface area contributed by atoms with Gasteiger partial charge in [-0.1, -0.05) is 17.7 Å². The summed E-state index contributed by atoms with van der Waals surface area (Å²) >= 11 is 5.99. The van der Waals surface area contributed by atoms with Gasteiger partial charge in [0.1, 0.15) is 0 Å². The SMILES string of the molecule is Cn1cc(CCNS(=O)(=O)c2ccc(CN)c(Cl)c2)cn1. The highest BCUT2D eigenvalue weighted by Crippen LogP contribution is 2.20. The van der Waals surface area contributed by atoms with E-state index in [1.54, 1.807) is 16.9 Å². The van der Waals surface area contributed by atoms with E-state index in [4.69, 9.17) is 17.3 Å². The highest BCUT2D eigenvalue weighted by Gasteiger charge is 2.15. The molecule has 1 aromatic heterocycles. The molecule has 0 atom stereocenters. The lowest BCUT2D eigenvalue weighted by atomic mass is 10.2. The number of hydrogen-bond donors (Lipinski definition) is 2. The van der Waals surface area contributed by atoms with Gasteiger partial charge in [0.2, 0.25) is 10.0 Å². The van der Waals surface area contributed by atoms with Crippen LogP contribution in [0.4, 0.5) is 0 Å². The first-order valence-electron chi connectivity index (χ1n) is 6.38. The lowest BCUT2D eigenvalue weighted by molar-refractivity contribution is 0.581. The zero-order valence-electron chi connectivity index (χ0n) is 11.6. The maximum atomic E-state index is 12.2. The average molecular weight is 329 g/mol. The van der Waals surface area contributed by atoms with Gasteiger partial charge < -0.3 is 5.73 Å². The van der Waals surface area contributed by atoms with Crippen LogP contribution in [-0.4, -0.2) is 24.7 Å². The molecule has 0 bridgehead atoms. The number of nitrogens with zero attached hydrogens (tertiary/aromatic N) is 2. The van der Waals surface area contributed by atoms with E-state index in [1.165, 1.54) is 12.1 Å². The fraction of sp³-hybridized carbons (Fsp3) is 0.308. The molecule has 0 unspecified atom stereocenters. The largest absolute Gasteiger partial charge is 0.326 e. The number of nitrogens with one attached hydrogen (secondary N) is 1. The summed E-state index contributed by atoms with van der Waals surface area (Å²) in [6.45, 7) is 0.567. The maximum absolute atomic E-state index is 12.2. The first-order chi connectivity index (χ1) is 9.92. The molecular formula is C13H17ClN4O2S. The Bertz CT molecular complexity index is 728. The highest BCUT2D eigenvalue weighted by atomic mass is 35.5. The fourth-order valence-corrected chi connectivity index (χ4v) is 3.25. The number of hydrogen-bond acceptors (Lipinski definition) is 4. The Morgan fingerprint density at radius 1 is 1.43 bits per heavy atom. The number of aryl methyl sites for hydroxylation is 1. The zero-order valence-corrected chi connectivity index (χ0v) is 13.2. The monoisotopic (exact) mass is 328 g/mol. The molecule has 0 spiro atoms. The normalized spacial score (nSPS) is 11.8. The fourth-order valence-electron chi connectivity index (χ4n) is 1.87. The van der Waals surface area contributed by atoms with E-state index in [-0.39, 0.29) is 11.4 Å². The minimum Gasteiger partial charge on any atom is -0.326 e. The summed E-state index contributed by atoms with van der Waals surface area (Å²) in [6, 6.07) is 4.54. The number of rotatable bonds is 6. The van der Waals surface area contributed by atoms with Crippen LogP contribution >= 0.6 is 11.6 Å². The lowest BCUT2D eigenvalue weighted by Gasteiger charge is -2.08. The predicted molar refractivity (Wildman–Crippen MR) is 81.4 cm³/mol. The molecule has 6 nitrogen and oxygen atoms in total. The molecule has 0 aliphatic carbocycles. The van der Waals surface area contributed by atoms with Crippen molar-refractivity contribution in [1.82, 2.24) is 14.5 Å². The van der Waals surface area contributed by atoms with E-state index >= 15 is 0 Å². The number of benzene rings is 1. The average Bonchev–Trinajstić information content (AvgIpc) is 2.84. The molecule has 2 rings (SSSR count). The molecular weight excluding hydrogens is 312 g/mol. The van der Waals surface area contributed by atoms with Gasteiger partial charge in [0.05, 0.1) is 11.1 Å². The molecule has 21 heavy (non-hydrogen) atoms. The Hall–Kier alpha value is -1.41. The molecule has 3 N–H and O–H groups in total. The van der Waals surface area contributed by atoms with Gasteiger partial charge in [-0.25, -0.2) is 13.1 Å². The van der Waals surface area contributed by atoms with E-state index in [0.29, 0.717) is 23.6 Å². The molecule has 2 aromatic rings. The molecule has 114 valence electrons. The molecule has 8 heteroatoms. The molecule has 0 fully saturated rings. The minimum atomic E-state index is -3.57. The second-order valence-electron chi connectivity index (χ2n) is 4.63. The second-order valence-corrected chi connectivity index (χ2v) is 6.80. The molecule has 0 radical (unpaired) electrons. The van der Waals surface area contributed by atoms with Crippen molar-refractivity contribution in [2.75, 3.05) is 6.54 Å². The van der Waals surface area contributed by atoms with Crippen molar-refractivity contribution >= 4 is 21.6 Å². The summed E-state index contributed by atoms with van der Waals surface area (Å²) in [5, 5.41) is 4.39. The zero-order chi connectivity index (χ0) is 15.5. The summed E-state index contributed by atoms with van der Waals surface area (Å²) in [5.74, 6) is 0. The van der Waals surface area contributed by atoms with Crippen molar-refractivity contribution < 1.29 is 8.42 Å². The van der Waals surface area contributed by atoms with E-state index in [1.807, 2.05) is 13.2 Å². The Balaban J connectivity index is 2.02. The van der Waals surface area contributed by atoms with Gasteiger partial charge in [-0.15, -0.1) is 0 Å². The van der Waals surface area contributed by atoms with Gasteiger partial charge in [0, 0.05) is 31.4 Å². The smallest absolute Gasteiger partial charge is 0.240 e. The van der Waals surface area contributed by atoms with Gasteiger partial charge in [-0.2, -0.15) is 5.10 Å². The van der Waals surface area contributed by atoms with Gasteiger partial charge in [-0.3, -0.25) is 4.68 Å². The van der Waals surface area contributed by atoms with Gasteiger partial charge >= 0.3 is 0 Å². The first-order valence-corrected chi connectivity index (χ1v) is 8.24. The molecule has 0 aliphatic rings. The van der Waals surface area contributed by atoms with E-state index in [9.17, 15) is 8.42 Å². The Morgan fingerprint density at radius 2 is 2.19 bits per heavy atom. The predicted octanol–water partition coefficient (Wildman–Crippen LogP) is 1.05. The Morgan fingerprint density at radius 3 is 2.76 bits per heavy atom. The molecule has 0 amide bonds. The lowest BCUT2D eigenvalue weighted by Crippen LogP contribution is -2.26. The topological polar surface area (TPSA) is 90.0 Å². The summed E-state index contributed by atoms with van der Waals surface area (Å²) in [7, 11) is -1.76. The van der Waals surface area contributed by atoms with Crippen molar-refractivity contribution in [3.8, 4) is 0 Å². The maximum Gasteiger partial charge on any atom is 0.240 e. The molecule has 0 aliphatic heterocycles. The van der Waals surface area contributed by atoms with Crippen molar-refractivity contribution in [1.29, 1.82) is 0 Å². The highest BCUT2D eigenvalue weighted by molar-refractivity contribution is 7.89. The van der Waals surface area contributed by atoms with E-state index in [0.717, 1.165) is 5.56 Å². The molecule has 0 saturated heterocycles. The first kappa shape index (κ1) is 16.0. The van der Waals surface area contributed by atoms with Crippen LogP contribution in [0.5, 0.6) is 0 Å². The summed E-state index contributed by atoms with van der Waals surface area (Å²) in [5.41, 5.74) is 7.18.